The van der Waals surface area contributed by atoms with Gasteiger partial charge < -0.3 is 5.11 Å². The second kappa shape index (κ2) is 30.4. The van der Waals surface area contributed by atoms with Crippen molar-refractivity contribution in [2.75, 3.05) is 0 Å². The van der Waals surface area contributed by atoms with Crippen molar-refractivity contribution in [3.05, 3.63) is 28.3 Å². The smallest absolute Gasteiger partial charge is 0.123 e. The van der Waals surface area contributed by atoms with E-state index in [0.717, 1.165) is 12.0 Å². The van der Waals surface area contributed by atoms with Gasteiger partial charge in [-0.25, -0.2) is 0 Å². The summed E-state index contributed by atoms with van der Waals surface area (Å²) in [6.07, 6.45) is 47.5. The van der Waals surface area contributed by atoms with Crippen LogP contribution in [0.1, 0.15) is 283 Å². The van der Waals surface area contributed by atoms with E-state index >= 15 is 0 Å². The molecule has 0 amide bonds. The van der Waals surface area contributed by atoms with Crippen molar-refractivity contribution in [1.82, 2.24) is 0 Å². The summed E-state index contributed by atoms with van der Waals surface area (Å²) in [7, 11) is 0. The summed E-state index contributed by atoms with van der Waals surface area (Å²) in [6, 6.07) is 2.41. The van der Waals surface area contributed by atoms with Crippen molar-refractivity contribution in [1.29, 1.82) is 0 Å². The zero-order valence-corrected chi connectivity index (χ0v) is 36.6. The molecule has 0 atom stereocenters. The maximum absolute atomic E-state index is 11.7. The lowest BCUT2D eigenvalue weighted by atomic mass is 9.74. The molecular formula is C50H94O. The van der Waals surface area contributed by atoms with Crippen molar-refractivity contribution >= 4 is 0 Å². The fraction of sp³-hybridized carbons (Fsp3) is 0.880. The number of phenolic OH excluding ortho intramolecular Hbond substituents is 1. The normalized spacial score (nSPS) is 12.3. The van der Waals surface area contributed by atoms with E-state index in [1.807, 2.05) is 0 Å². The standard InChI is InChI=1S/C50H94O/c1-9-11-13-15-17-19-21-23-25-27-29-31-33-35-37-39-41-44-43-46(49(3,4)5)48(51)47(50(6,7)8)45(44)42-40-38-36-34-32-30-28-26-24-22-20-18-16-14-12-10-2/h43,51H,9-42H2,1-8H3. The van der Waals surface area contributed by atoms with Crippen LogP contribution >= 0.6 is 0 Å². The lowest BCUT2D eigenvalue weighted by Gasteiger charge is -2.32. The van der Waals surface area contributed by atoms with E-state index in [9.17, 15) is 5.11 Å². The Morgan fingerprint density at radius 3 is 0.922 bits per heavy atom. The summed E-state index contributed by atoms with van der Waals surface area (Å²) in [4.78, 5) is 0. The second-order valence-electron chi connectivity index (χ2n) is 18.9. The van der Waals surface area contributed by atoms with Gasteiger partial charge in [0.1, 0.15) is 5.75 Å². The van der Waals surface area contributed by atoms with Crippen LogP contribution in [0.25, 0.3) is 0 Å². The van der Waals surface area contributed by atoms with Gasteiger partial charge in [-0.1, -0.05) is 254 Å². The highest BCUT2D eigenvalue weighted by molar-refractivity contribution is 5.55. The molecule has 1 aromatic carbocycles. The number of unbranched alkanes of at least 4 members (excludes halogenated alkanes) is 30. The molecule has 0 saturated heterocycles. The average Bonchev–Trinajstić information content (AvgIpc) is 3.07. The fourth-order valence-corrected chi connectivity index (χ4v) is 8.37. The molecule has 0 aliphatic heterocycles. The van der Waals surface area contributed by atoms with Crippen molar-refractivity contribution in [3.8, 4) is 5.75 Å². The first kappa shape index (κ1) is 48.0. The van der Waals surface area contributed by atoms with E-state index in [4.69, 9.17) is 0 Å². The van der Waals surface area contributed by atoms with Gasteiger partial charge >= 0.3 is 0 Å². The van der Waals surface area contributed by atoms with Gasteiger partial charge in [-0.3, -0.25) is 0 Å². The molecule has 0 aliphatic carbocycles. The Bertz CT molecular complexity index is 928. The first-order valence-corrected chi connectivity index (χ1v) is 23.4. The third-order valence-corrected chi connectivity index (χ3v) is 11.6. The van der Waals surface area contributed by atoms with Crippen LogP contribution in [0.3, 0.4) is 0 Å². The summed E-state index contributed by atoms with van der Waals surface area (Å²) in [5.41, 5.74) is 5.30. The molecule has 1 nitrogen and oxygen atoms in total. The summed E-state index contributed by atoms with van der Waals surface area (Å²) >= 11 is 0. The fourth-order valence-electron chi connectivity index (χ4n) is 8.37. The van der Waals surface area contributed by atoms with Crippen molar-refractivity contribution in [2.45, 2.75) is 285 Å². The van der Waals surface area contributed by atoms with Crippen LogP contribution in [0, 0.1) is 0 Å². The lowest BCUT2D eigenvalue weighted by Crippen LogP contribution is -2.21. The Morgan fingerprint density at radius 1 is 0.373 bits per heavy atom. The van der Waals surface area contributed by atoms with Crippen LogP contribution in [-0.4, -0.2) is 5.11 Å². The number of hydrogen-bond acceptors (Lipinski definition) is 1. The van der Waals surface area contributed by atoms with Crippen molar-refractivity contribution in [2.24, 2.45) is 0 Å². The molecule has 1 aromatic rings. The largest absolute Gasteiger partial charge is 0.507 e. The minimum atomic E-state index is -0.0564. The summed E-state index contributed by atoms with van der Waals surface area (Å²) in [5, 5.41) is 11.7. The Balaban J connectivity index is 2.45. The molecule has 0 unspecified atom stereocenters. The minimum absolute atomic E-state index is 0.0553. The zero-order valence-electron chi connectivity index (χ0n) is 36.6. The zero-order chi connectivity index (χ0) is 37.6. The highest BCUT2D eigenvalue weighted by Crippen LogP contribution is 2.43. The molecule has 0 fully saturated rings. The number of benzene rings is 1. The van der Waals surface area contributed by atoms with E-state index in [-0.39, 0.29) is 10.8 Å². The topological polar surface area (TPSA) is 20.2 Å². The Kier molecular flexibility index (Phi) is 28.6. The van der Waals surface area contributed by atoms with E-state index in [2.05, 4.69) is 61.5 Å². The quantitative estimate of drug-likeness (QED) is 0.0706. The Morgan fingerprint density at radius 2 is 0.647 bits per heavy atom. The highest BCUT2D eigenvalue weighted by atomic mass is 16.3. The Hall–Kier alpha value is -0.980. The first-order valence-electron chi connectivity index (χ1n) is 23.4. The van der Waals surface area contributed by atoms with Gasteiger partial charge in [0.25, 0.3) is 0 Å². The summed E-state index contributed by atoms with van der Waals surface area (Å²) in [5.74, 6) is 0.581. The molecular weight excluding hydrogens is 617 g/mol. The van der Waals surface area contributed by atoms with Crippen LogP contribution in [0.4, 0.5) is 0 Å². The predicted molar refractivity (Wildman–Crippen MR) is 232 cm³/mol. The summed E-state index contributed by atoms with van der Waals surface area (Å²) < 4.78 is 0. The van der Waals surface area contributed by atoms with Gasteiger partial charge in [-0.05, 0) is 53.2 Å². The predicted octanol–water partition coefficient (Wildman–Crippen LogP) is 17.6. The molecule has 1 heteroatoms. The maximum Gasteiger partial charge on any atom is 0.123 e. The van der Waals surface area contributed by atoms with Crippen LogP contribution in [-0.2, 0) is 23.7 Å². The van der Waals surface area contributed by atoms with Crippen LogP contribution in [0.2, 0.25) is 0 Å². The van der Waals surface area contributed by atoms with E-state index in [1.54, 1.807) is 0 Å². The Labute approximate surface area is 322 Å². The van der Waals surface area contributed by atoms with E-state index in [1.165, 1.54) is 229 Å². The van der Waals surface area contributed by atoms with Gasteiger partial charge in [0.2, 0.25) is 0 Å². The minimum Gasteiger partial charge on any atom is -0.507 e. The van der Waals surface area contributed by atoms with Crippen molar-refractivity contribution < 1.29 is 5.11 Å². The van der Waals surface area contributed by atoms with Crippen LogP contribution < -0.4 is 0 Å². The average molecular weight is 711 g/mol. The molecule has 1 rings (SSSR count). The van der Waals surface area contributed by atoms with E-state index < -0.39 is 0 Å². The lowest BCUT2D eigenvalue weighted by molar-refractivity contribution is 0.419. The number of phenols is 1. The molecule has 0 radical (unpaired) electrons. The number of hydrogen-bond donors (Lipinski definition) is 1. The number of aryl methyl sites for hydroxylation is 1. The molecule has 0 aromatic heterocycles. The van der Waals surface area contributed by atoms with Crippen LogP contribution in [0.15, 0.2) is 6.07 Å². The molecule has 0 bridgehead atoms. The van der Waals surface area contributed by atoms with Crippen molar-refractivity contribution in [3.63, 3.8) is 0 Å². The van der Waals surface area contributed by atoms with Gasteiger partial charge in [0.05, 0.1) is 0 Å². The van der Waals surface area contributed by atoms with Gasteiger partial charge in [0.15, 0.2) is 0 Å². The highest BCUT2D eigenvalue weighted by Gasteiger charge is 2.30. The molecule has 0 heterocycles. The third kappa shape index (κ3) is 24.1. The molecule has 51 heavy (non-hydrogen) atoms. The monoisotopic (exact) mass is 711 g/mol. The molecule has 1 N–H and O–H groups in total. The number of aromatic hydroxyl groups is 1. The van der Waals surface area contributed by atoms with Gasteiger partial charge in [-0.15, -0.1) is 0 Å². The molecule has 0 saturated carbocycles. The first-order chi connectivity index (χ1) is 24.5. The molecule has 0 spiro atoms. The number of rotatable bonds is 34. The summed E-state index contributed by atoms with van der Waals surface area (Å²) in [6.45, 7) is 18.3. The van der Waals surface area contributed by atoms with E-state index in [0.29, 0.717) is 5.75 Å². The second-order valence-corrected chi connectivity index (χ2v) is 18.9. The molecule has 300 valence electrons. The maximum atomic E-state index is 11.7. The third-order valence-electron chi connectivity index (χ3n) is 11.6. The molecule has 0 aliphatic rings. The SMILES string of the molecule is CCCCCCCCCCCCCCCCCCc1cc(C(C)(C)C)c(O)c(C(C)(C)C)c1CCCCCCCCCCCCCCCCCC. The van der Waals surface area contributed by atoms with Gasteiger partial charge in [-0.2, -0.15) is 0 Å². The van der Waals surface area contributed by atoms with Crippen LogP contribution in [0.5, 0.6) is 5.75 Å². The van der Waals surface area contributed by atoms with Gasteiger partial charge in [0, 0.05) is 5.56 Å².